The minimum absolute atomic E-state index is 0.0392. The second kappa shape index (κ2) is 11.7. The van der Waals surface area contributed by atoms with Gasteiger partial charge in [-0.25, -0.2) is 14.6 Å². The summed E-state index contributed by atoms with van der Waals surface area (Å²) < 4.78 is 38.7. The number of alkyl halides is 3. The Balaban J connectivity index is 0.000000454. The van der Waals surface area contributed by atoms with Crippen LogP contribution < -0.4 is 15.7 Å². The van der Waals surface area contributed by atoms with E-state index in [1.54, 1.807) is 18.2 Å². The molecule has 10 nitrogen and oxygen atoms in total. The summed E-state index contributed by atoms with van der Waals surface area (Å²) in [4.78, 5) is 42.9. The van der Waals surface area contributed by atoms with Crippen LogP contribution in [0.2, 0.25) is 0 Å². The second-order valence-electron chi connectivity index (χ2n) is 8.01. The number of aliphatic carboxylic acids is 1. The van der Waals surface area contributed by atoms with Gasteiger partial charge >= 0.3 is 17.8 Å². The molecular weight excluding hydrogens is 483 g/mol. The molecule has 0 unspecified atom stereocenters. The van der Waals surface area contributed by atoms with E-state index in [4.69, 9.17) is 14.6 Å². The van der Waals surface area contributed by atoms with Gasteiger partial charge in [0.25, 0.3) is 5.91 Å². The molecular formula is C23H26F3N5O5. The van der Waals surface area contributed by atoms with E-state index in [-0.39, 0.29) is 17.6 Å². The third-order valence-corrected chi connectivity index (χ3v) is 5.67. The minimum atomic E-state index is -5.08. The highest BCUT2D eigenvalue weighted by Gasteiger charge is 2.38. The molecule has 194 valence electrons. The van der Waals surface area contributed by atoms with E-state index < -0.39 is 12.1 Å². The van der Waals surface area contributed by atoms with Crippen molar-refractivity contribution in [3.8, 4) is 5.88 Å². The number of carboxylic acid groups (broad SMARTS) is 1. The first kappa shape index (κ1) is 26.7. The summed E-state index contributed by atoms with van der Waals surface area (Å²) in [6, 6.07) is 13.1. The Kier molecular flexibility index (Phi) is 8.69. The number of carbonyl (C=O) groups is 2. The van der Waals surface area contributed by atoms with Crippen LogP contribution in [0.5, 0.6) is 5.88 Å². The first-order chi connectivity index (χ1) is 17.1. The summed E-state index contributed by atoms with van der Waals surface area (Å²) in [5.74, 6) is -2.54. The summed E-state index contributed by atoms with van der Waals surface area (Å²) >= 11 is 0. The number of benzene rings is 1. The van der Waals surface area contributed by atoms with Gasteiger partial charge in [-0.1, -0.05) is 18.2 Å². The molecule has 0 spiro atoms. The number of aromatic amines is 1. The SMILES string of the molecule is COc1cccc(C(=O)NCCN2CCC(n3c(=O)[nH]c4ccccc43)CC2)n1.O=C(O)C(F)(F)F. The van der Waals surface area contributed by atoms with Crippen LogP contribution in [0, 0.1) is 0 Å². The standard InChI is InChI=1S/C21H25N5O3.C2HF3O2/c1-29-19-8-4-6-17(23-19)20(27)22-11-14-25-12-9-15(10-13-25)26-18-7-3-2-5-16(18)24-21(26)28;3-2(4,5)1(6)7/h2-8,15H,9-14H2,1H3,(H,22,27)(H,24,28);(H,6,7). The molecule has 1 fully saturated rings. The molecule has 13 heteroatoms. The zero-order chi connectivity index (χ0) is 26.3. The number of pyridine rings is 1. The third-order valence-electron chi connectivity index (χ3n) is 5.67. The van der Waals surface area contributed by atoms with Gasteiger partial charge in [0, 0.05) is 38.3 Å². The van der Waals surface area contributed by atoms with Crippen molar-refractivity contribution in [1.29, 1.82) is 0 Å². The number of hydrogen-bond donors (Lipinski definition) is 3. The Morgan fingerprint density at radius 1 is 1.17 bits per heavy atom. The van der Waals surface area contributed by atoms with Gasteiger partial charge in [0.05, 0.1) is 18.1 Å². The van der Waals surface area contributed by atoms with Crippen molar-refractivity contribution in [2.24, 2.45) is 0 Å². The molecule has 1 aliphatic heterocycles. The molecule has 36 heavy (non-hydrogen) atoms. The van der Waals surface area contributed by atoms with Crippen LogP contribution in [0.25, 0.3) is 11.0 Å². The van der Waals surface area contributed by atoms with Crippen LogP contribution in [0.1, 0.15) is 29.4 Å². The maximum atomic E-state index is 12.4. The summed E-state index contributed by atoms with van der Waals surface area (Å²) in [5.41, 5.74) is 2.16. The highest BCUT2D eigenvalue weighted by molar-refractivity contribution is 5.92. The lowest BCUT2D eigenvalue weighted by Crippen LogP contribution is -2.41. The van der Waals surface area contributed by atoms with Crippen LogP contribution in [-0.2, 0) is 4.79 Å². The summed E-state index contributed by atoms with van der Waals surface area (Å²) in [7, 11) is 1.53. The number of piperidine rings is 1. The normalized spacial score (nSPS) is 14.7. The average Bonchev–Trinajstić information content (AvgIpc) is 3.20. The van der Waals surface area contributed by atoms with Gasteiger partial charge in [-0.05, 0) is 31.0 Å². The van der Waals surface area contributed by atoms with Gasteiger partial charge in [0.15, 0.2) is 0 Å². The van der Waals surface area contributed by atoms with Crippen molar-refractivity contribution in [3.63, 3.8) is 0 Å². The number of nitrogens with one attached hydrogen (secondary N) is 2. The first-order valence-corrected chi connectivity index (χ1v) is 11.1. The van der Waals surface area contributed by atoms with Crippen molar-refractivity contribution >= 4 is 22.9 Å². The van der Waals surface area contributed by atoms with E-state index >= 15 is 0 Å². The fraction of sp³-hybridized carbons (Fsp3) is 0.391. The van der Waals surface area contributed by atoms with Crippen molar-refractivity contribution in [3.05, 3.63) is 58.6 Å². The summed E-state index contributed by atoms with van der Waals surface area (Å²) in [6.07, 6.45) is -3.26. The fourth-order valence-electron chi connectivity index (χ4n) is 3.91. The molecule has 2 aromatic heterocycles. The molecule has 0 radical (unpaired) electrons. The van der Waals surface area contributed by atoms with Crippen LogP contribution in [0.4, 0.5) is 13.2 Å². The monoisotopic (exact) mass is 509 g/mol. The van der Waals surface area contributed by atoms with E-state index in [2.05, 4.69) is 20.2 Å². The fourth-order valence-corrected chi connectivity index (χ4v) is 3.91. The number of methoxy groups -OCH3 is 1. The number of para-hydroxylation sites is 2. The Morgan fingerprint density at radius 2 is 1.83 bits per heavy atom. The van der Waals surface area contributed by atoms with Crippen LogP contribution in [0.15, 0.2) is 47.3 Å². The molecule has 1 saturated heterocycles. The maximum Gasteiger partial charge on any atom is 0.490 e. The lowest BCUT2D eigenvalue weighted by atomic mass is 10.0. The van der Waals surface area contributed by atoms with Crippen molar-refractivity contribution in [2.45, 2.75) is 25.1 Å². The topological polar surface area (TPSA) is 130 Å². The second-order valence-corrected chi connectivity index (χ2v) is 8.01. The summed E-state index contributed by atoms with van der Waals surface area (Å²) in [5, 5.41) is 10.0. The lowest BCUT2D eigenvalue weighted by Gasteiger charge is -2.32. The molecule has 0 atom stereocenters. The van der Waals surface area contributed by atoms with Gasteiger partial charge in [0.1, 0.15) is 5.69 Å². The predicted octanol–water partition coefficient (Wildman–Crippen LogP) is 2.43. The van der Waals surface area contributed by atoms with Crippen LogP contribution in [0.3, 0.4) is 0 Å². The number of hydrogen-bond acceptors (Lipinski definition) is 6. The number of aromatic nitrogens is 3. The van der Waals surface area contributed by atoms with Gasteiger partial charge in [0.2, 0.25) is 5.88 Å². The van der Waals surface area contributed by atoms with Gasteiger partial charge in [-0.15, -0.1) is 0 Å². The lowest BCUT2D eigenvalue weighted by molar-refractivity contribution is -0.192. The molecule has 1 aromatic carbocycles. The van der Waals surface area contributed by atoms with E-state index in [0.717, 1.165) is 43.5 Å². The predicted molar refractivity (Wildman–Crippen MR) is 124 cm³/mol. The molecule has 1 aliphatic rings. The smallest absolute Gasteiger partial charge is 0.481 e. The van der Waals surface area contributed by atoms with E-state index in [1.807, 2.05) is 28.8 Å². The molecule has 1 amide bonds. The molecule has 3 N–H and O–H groups in total. The minimum Gasteiger partial charge on any atom is -0.481 e. The van der Waals surface area contributed by atoms with E-state index in [1.165, 1.54) is 7.11 Å². The number of amides is 1. The molecule has 4 rings (SSSR count). The number of likely N-dealkylation sites (tertiary alicyclic amines) is 1. The molecule has 3 aromatic rings. The molecule has 3 heterocycles. The number of H-pyrrole nitrogens is 1. The number of carboxylic acids is 1. The average molecular weight is 509 g/mol. The molecule has 0 saturated carbocycles. The molecule has 0 aliphatic carbocycles. The van der Waals surface area contributed by atoms with Crippen molar-refractivity contribution < 1.29 is 32.6 Å². The third kappa shape index (κ3) is 6.84. The van der Waals surface area contributed by atoms with Gasteiger partial charge in [-0.3, -0.25) is 9.36 Å². The van der Waals surface area contributed by atoms with Gasteiger partial charge < -0.3 is 25.0 Å². The zero-order valence-corrected chi connectivity index (χ0v) is 19.4. The quantitative estimate of drug-likeness (QED) is 0.465. The number of rotatable bonds is 6. The Bertz CT molecular complexity index is 1250. The Labute approximate surface area is 203 Å². The number of nitrogens with zero attached hydrogens (tertiary/aromatic N) is 3. The zero-order valence-electron chi connectivity index (χ0n) is 19.4. The van der Waals surface area contributed by atoms with Gasteiger partial charge in [-0.2, -0.15) is 13.2 Å². The van der Waals surface area contributed by atoms with Crippen molar-refractivity contribution in [1.82, 2.24) is 24.8 Å². The number of halogens is 3. The number of fused-ring (bicyclic) bond motifs is 1. The highest BCUT2D eigenvalue weighted by atomic mass is 19.4. The largest absolute Gasteiger partial charge is 0.490 e. The Morgan fingerprint density at radius 3 is 2.47 bits per heavy atom. The number of carbonyl (C=O) groups excluding carboxylic acids is 1. The molecule has 0 bridgehead atoms. The van der Waals surface area contributed by atoms with Crippen LogP contribution in [-0.4, -0.2) is 75.9 Å². The van der Waals surface area contributed by atoms with Crippen LogP contribution >= 0.6 is 0 Å². The summed E-state index contributed by atoms with van der Waals surface area (Å²) in [6.45, 7) is 3.11. The Hall–Kier alpha value is -3.87. The van der Waals surface area contributed by atoms with Crippen molar-refractivity contribution in [2.75, 3.05) is 33.3 Å². The highest BCUT2D eigenvalue weighted by Crippen LogP contribution is 2.24. The maximum absolute atomic E-state index is 12.4. The first-order valence-electron chi connectivity index (χ1n) is 11.1. The van der Waals surface area contributed by atoms with E-state index in [0.29, 0.717) is 18.1 Å². The number of ether oxygens (including phenoxy) is 1. The number of imidazole rings is 1. The van der Waals surface area contributed by atoms with E-state index in [9.17, 15) is 22.8 Å².